The number of ether oxygens (including phenoxy) is 1. The molecular weight excluding hydrogens is 487 g/mol. The molecule has 0 bridgehead atoms. The molecular formula is C22H20BrFN2O4S. The van der Waals surface area contributed by atoms with Crippen LogP contribution in [0.2, 0.25) is 0 Å². The number of amides is 1. The number of hydrogen-bond acceptors (Lipinski definition) is 5. The molecule has 2 N–H and O–H groups in total. The monoisotopic (exact) mass is 506 g/mol. The van der Waals surface area contributed by atoms with Gasteiger partial charge in [0.1, 0.15) is 11.4 Å². The van der Waals surface area contributed by atoms with Crippen LogP contribution in [0, 0.1) is 11.7 Å². The lowest BCUT2D eigenvalue weighted by Crippen LogP contribution is -2.55. The summed E-state index contributed by atoms with van der Waals surface area (Å²) in [7, 11) is 0. The lowest BCUT2D eigenvalue weighted by atomic mass is 9.72. The Bertz CT molecular complexity index is 1050. The van der Waals surface area contributed by atoms with E-state index in [2.05, 4.69) is 21.2 Å². The number of carboxylic acids is 1. The molecule has 2 aliphatic heterocycles. The van der Waals surface area contributed by atoms with Crippen LogP contribution in [0.1, 0.15) is 29.3 Å². The summed E-state index contributed by atoms with van der Waals surface area (Å²) in [5.74, 6) is -2.12. The van der Waals surface area contributed by atoms with Gasteiger partial charge in [-0.1, -0.05) is 52.8 Å². The van der Waals surface area contributed by atoms with Crippen molar-refractivity contribution < 1.29 is 23.8 Å². The van der Waals surface area contributed by atoms with Gasteiger partial charge in [0.2, 0.25) is 0 Å². The Labute approximate surface area is 191 Å². The summed E-state index contributed by atoms with van der Waals surface area (Å²) < 4.78 is 21.3. The third-order valence-corrected chi connectivity index (χ3v) is 7.29. The zero-order valence-corrected chi connectivity index (χ0v) is 19.0. The first-order valence-electron chi connectivity index (χ1n) is 9.73. The summed E-state index contributed by atoms with van der Waals surface area (Å²) >= 11 is 4.73. The number of nitrogens with one attached hydrogen (secondary N) is 1. The van der Waals surface area contributed by atoms with E-state index in [0.29, 0.717) is 20.8 Å². The van der Waals surface area contributed by atoms with Crippen LogP contribution >= 0.6 is 27.7 Å². The summed E-state index contributed by atoms with van der Waals surface area (Å²) in [6.07, 6.45) is -0.786. The highest BCUT2D eigenvalue weighted by molar-refractivity contribution is 9.10. The Balaban J connectivity index is 1.77. The van der Waals surface area contributed by atoms with Crippen molar-refractivity contribution in [2.24, 2.45) is 10.9 Å². The van der Waals surface area contributed by atoms with E-state index < -0.39 is 23.4 Å². The minimum Gasteiger partial charge on any atom is -0.479 e. The Kier molecular flexibility index (Phi) is 6.18. The summed E-state index contributed by atoms with van der Waals surface area (Å²) in [5.41, 5.74) is -0.354. The van der Waals surface area contributed by atoms with Gasteiger partial charge in [0, 0.05) is 26.8 Å². The van der Waals surface area contributed by atoms with E-state index in [1.54, 1.807) is 36.4 Å². The summed E-state index contributed by atoms with van der Waals surface area (Å²) in [6.45, 7) is 1.84. The van der Waals surface area contributed by atoms with E-state index in [0.717, 1.165) is 0 Å². The molecule has 0 unspecified atom stereocenters. The van der Waals surface area contributed by atoms with Gasteiger partial charge in [-0.05, 0) is 36.8 Å². The average Bonchev–Trinajstić information content (AvgIpc) is 2.75. The molecule has 0 spiro atoms. The van der Waals surface area contributed by atoms with Crippen LogP contribution in [-0.2, 0) is 15.1 Å². The summed E-state index contributed by atoms with van der Waals surface area (Å²) in [4.78, 5) is 29.0. The number of hydrogen-bond donors (Lipinski definition) is 2. The number of benzene rings is 2. The fraction of sp³-hybridized carbons (Fsp3) is 0.318. The van der Waals surface area contributed by atoms with E-state index in [9.17, 15) is 14.7 Å². The predicted molar refractivity (Wildman–Crippen MR) is 120 cm³/mol. The first-order chi connectivity index (χ1) is 14.8. The van der Waals surface area contributed by atoms with Gasteiger partial charge in [-0.2, -0.15) is 0 Å². The normalized spacial score (nSPS) is 27.7. The Morgan fingerprint density at radius 2 is 2.03 bits per heavy atom. The third kappa shape index (κ3) is 4.26. The van der Waals surface area contributed by atoms with Crippen LogP contribution in [0.15, 0.2) is 58.0 Å². The van der Waals surface area contributed by atoms with Crippen molar-refractivity contribution >= 4 is 44.7 Å². The van der Waals surface area contributed by atoms with E-state index >= 15 is 4.39 Å². The Hall–Kier alpha value is -2.23. The molecule has 0 radical (unpaired) electrons. The highest BCUT2D eigenvalue weighted by Gasteiger charge is 2.53. The molecule has 0 saturated carbocycles. The van der Waals surface area contributed by atoms with Gasteiger partial charge in [-0.3, -0.25) is 4.79 Å². The zero-order valence-electron chi connectivity index (χ0n) is 16.5. The molecule has 1 amide bonds. The second-order valence-electron chi connectivity index (χ2n) is 7.59. The molecule has 31 heavy (non-hydrogen) atoms. The lowest BCUT2D eigenvalue weighted by Gasteiger charge is -2.48. The molecule has 162 valence electrons. The Morgan fingerprint density at radius 1 is 1.29 bits per heavy atom. The topological polar surface area (TPSA) is 88.0 Å². The predicted octanol–water partition coefficient (Wildman–Crippen LogP) is 4.19. The maximum atomic E-state index is 15.0. The summed E-state index contributed by atoms with van der Waals surface area (Å²) in [6, 6.07) is 13.3. The minimum absolute atomic E-state index is 0.0996. The number of thioether (sulfide) groups is 1. The molecule has 2 aromatic carbocycles. The molecule has 9 heteroatoms. The second kappa shape index (κ2) is 8.72. The molecule has 4 atom stereocenters. The van der Waals surface area contributed by atoms with Gasteiger partial charge in [0.15, 0.2) is 11.3 Å². The molecule has 4 rings (SSSR count). The molecule has 1 saturated heterocycles. The largest absolute Gasteiger partial charge is 0.479 e. The maximum absolute atomic E-state index is 15.0. The number of fused-ring (bicyclic) bond motifs is 1. The lowest BCUT2D eigenvalue weighted by molar-refractivity contribution is -0.159. The number of aliphatic imine (C=N–C) groups is 1. The average molecular weight is 507 g/mol. The van der Waals surface area contributed by atoms with E-state index in [1.165, 1.54) is 17.8 Å². The number of carbonyl (C=O) groups excluding carboxylic acids is 1. The molecule has 0 aromatic heterocycles. The van der Waals surface area contributed by atoms with Crippen molar-refractivity contribution in [1.82, 2.24) is 5.32 Å². The molecule has 1 fully saturated rings. The van der Waals surface area contributed by atoms with Gasteiger partial charge >= 0.3 is 5.97 Å². The molecule has 2 aliphatic rings. The Morgan fingerprint density at radius 3 is 2.74 bits per heavy atom. The number of halogens is 2. The van der Waals surface area contributed by atoms with Crippen molar-refractivity contribution in [3.63, 3.8) is 0 Å². The highest BCUT2D eigenvalue weighted by atomic mass is 79.9. The number of carboxylic acid groups (broad SMARTS) is 1. The van der Waals surface area contributed by atoms with Crippen LogP contribution in [0.5, 0.6) is 0 Å². The number of aliphatic carboxylic acids is 1. The van der Waals surface area contributed by atoms with Crippen LogP contribution < -0.4 is 5.32 Å². The van der Waals surface area contributed by atoms with E-state index in [1.807, 2.05) is 13.0 Å². The van der Waals surface area contributed by atoms with Crippen LogP contribution in [-0.4, -0.2) is 40.1 Å². The minimum atomic E-state index is -1.15. The molecule has 2 aromatic rings. The quantitative estimate of drug-likeness (QED) is 0.651. The molecule has 6 nitrogen and oxygen atoms in total. The van der Waals surface area contributed by atoms with Crippen LogP contribution in [0.4, 0.5) is 4.39 Å². The number of amidine groups is 1. The highest BCUT2D eigenvalue weighted by Crippen LogP contribution is 2.50. The SMILES string of the molecule is C[C@H]1SC(NC(=O)c2ccccc2)=N[C@@]2(c3cc(Br)ccc3F)CO[C@@H](C(=O)O)C[C@@H]12. The van der Waals surface area contributed by atoms with E-state index in [-0.39, 0.29) is 30.1 Å². The number of nitrogens with zero attached hydrogens (tertiary/aromatic N) is 1. The fourth-order valence-corrected chi connectivity index (χ4v) is 5.73. The van der Waals surface area contributed by atoms with Crippen LogP contribution in [0.25, 0.3) is 0 Å². The molecule has 2 heterocycles. The smallest absolute Gasteiger partial charge is 0.332 e. The summed E-state index contributed by atoms with van der Waals surface area (Å²) in [5, 5.41) is 12.5. The van der Waals surface area contributed by atoms with Gasteiger partial charge < -0.3 is 15.2 Å². The number of carbonyl (C=O) groups is 2. The van der Waals surface area contributed by atoms with Crippen LogP contribution in [0.3, 0.4) is 0 Å². The van der Waals surface area contributed by atoms with Crippen molar-refractivity contribution in [1.29, 1.82) is 0 Å². The maximum Gasteiger partial charge on any atom is 0.332 e. The first-order valence-corrected chi connectivity index (χ1v) is 11.4. The first kappa shape index (κ1) is 22.0. The van der Waals surface area contributed by atoms with Gasteiger partial charge in [-0.25, -0.2) is 14.2 Å². The van der Waals surface area contributed by atoms with Gasteiger partial charge in [0.05, 0.1) is 6.61 Å². The van der Waals surface area contributed by atoms with Gasteiger partial charge in [0.25, 0.3) is 5.91 Å². The van der Waals surface area contributed by atoms with E-state index in [4.69, 9.17) is 9.73 Å². The fourth-order valence-electron chi connectivity index (χ4n) is 4.14. The third-order valence-electron chi connectivity index (χ3n) is 5.68. The van der Waals surface area contributed by atoms with Crippen molar-refractivity contribution in [2.45, 2.75) is 30.2 Å². The molecule has 0 aliphatic carbocycles. The van der Waals surface area contributed by atoms with Crippen molar-refractivity contribution in [3.8, 4) is 0 Å². The van der Waals surface area contributed by atoms with Crippen molar-refractivity contribution in [3.05, 3.63) is 69.9 Å². The number of rotatable bonds is 3. The second-order valence-corrected chi connectivity index (χ2v) is 9.87. The standard InChI is InChI=1S/C22H20BrFN2O4S/c1-12-15-10-18(20(28)29)30-11-22(15,16-9-14(23)7-8-17(16)24)26-21(31-12)25-19(27)13-5-3-2-4-6-13/h2-9,12,15,18H,10-11H2,1H3,(H,28,29)(H,25,26,27)/t12-,15+,18-,22+/m1/s1. The van der Waals surface area contributed by atoms with Gasteiger partial charge in [-0.15, -0.1) is 0 Å². The van der Waals surface area contributed by atoms with Crippen molar-refractivity contribution in [2.75, 3.05) is 6.61 Å². The zero-order chi connectivity index (χ0) is 22.2.